The summed E-state index contributed by atoms with van der Waals surface area (Å²) in [6.45, 7) is 1.13. The monoisotopic (exact) mass is 296 g/mol. The summed E-state index contributed by atoms with van der Waals surface area (Å²) < 4.78 is 5.82. The Morgan fingerprint density at radius 2 is 2.20 bits per heavy atom. The van der Waals surface area contributed by atoms with Crippen molar-refractivity contribution in [1.82, 2.24) is 9.88 Å². The Hall–Kier alpha value is -1.46. The van der Waals surface area contributed by atoms with Gasteiger partial charge in [0.2, 0.25) is 0 Å². The van der Waals surface area contributed by atoms with Gasteiger partial charge in [0.15, 0.2) is 5.58 Å². The molecule has 0 spiro atoms. The Balaban J connectivity index is 0.00000147. The fourth-order valence-corrected chi connectivity index (χ4v) is 2.76. The van der Waals surface area contributed by atoms with Gasteiger partial charge in [0.05, 0.1) is 6.17 Å². The van der Waals surface area contributed by atoms with Gasteiger partial charge in [-0.05, 0) is 51.1 Å². The lowest BCUT2D eigenvalue weighted by Gasteiger charge is -2.37. The van der Waals surface area contributed by atoms with Crippen molar-refractivity contribution in [3.8, 4) is 0 Å². The molecule has 0 bridgehead atoms. The number of piperidine rings is 1. The molecule has 1 atom stereocenters. The molecule has 2 aromatic rings. The van der Waals surface area contributed by atoms with Gasteiger partial charge in [0.1, 0.15) is 5.52 Å². The van der Waals surface area contributed by atoms with Crippen LogP contribution < -0.4 is 10.6 Å². The minimum atomic E-state index is 0. The van der Waals surface area contributed by atoms with E-state index in [1.54, 1.807) is 0 Å². The van der Waals surface area contributed by atoms with Crippen LogP contribution in [0.5, 0.6) is 0 Å². The lowest BCUT2D eigenvalue weighted by atomic mass is 10.1. The lowest BCUT2D eigenvalue weighted by molar-refractivity contribution is 0.180. The number of likely N-dealkylation sites (tertiary alicyclic amines) is 1. The number of hydrogen-bond donors (Lipinski definition) is 1. The normalized spacial score (nSPS) is 19.8. The summed E-state index contributed by atoms with van der Waals surface area (Å²) in [4.78, 5) is 9.01. The average Bonchev–Trinajstić information content (AvgIpc) is 2.81. The van der Waals surface area contributed by atoms with Crippen molar-refractivity contribution in [3.05, 3.63) is 18.2 Å². The van der Waals surface area contributed by atoms with Gasteiger partial charge in [-0.15, -0.1) is 12.4 Å². The maximum atomic E-state index is 5.82. The Bertz CT molecular complexity index is 586. The van der Waals surface area contributed by atoms with Gasteiger partial charge >= 0.3 is 0 Å². The minimum absolute atomic E-state index is 0. The van der Waals surface area contributed by atoms with Crippen molar-refractivity contribution >= 4 is 35.2 Å². The molecule has 1 aromatic heterocycles. The van der Waals surface area contributed by atoms with E-state index < -0.39 is 0 Å². The van der Waals surface area contributed by atoms with Crippen LogP contribution in [-0.4, -0.2) is 36.7 Å². The Morgan fingerprint density at radius 3 is 2.95 bits per heavy atom. The number of rotatable bonds is 2. The molecule has 20 heavy (non-hydrogen) atoms. The molecule has 0 aliphatic carbocycles. The highest BCUT2D eigenvalue weighted by Gasteiger charge is 2.25. The van der Waals surface area contributed by atoms with E-state index in [0.717, 1.165) is 24.1 Å². The van der Waals surface area contributed by atoms with Crippen LogP contribution in [0.15, 0.2) is 22.6 Å². The largest absolute Gasteiger partial charge is 0.423 e. The molecule has 2 heterocycles. The van der Waals surface area contributed by atoms with E-state index in [1.807, 2.05) is 25.2 Å². The van der Waals surface area contributed by atoms with Gasteiger partial charge in [-0.25, -0.2) is 0 Å². The van der Waals surface area contributed by atoms with Crippen LogP contribution in [0.1, 0.15) is 19.3 Å². The van der Waals surface area contributed by atoms with Crippen LogP contribution in [-0.2, 0) is 0 Å². The van der Waals surface area contributed by atoms with Gasteiger partial charge in [0.25, 0.3) is 6.01 Å². The number of halogens is 1. The Kier molecular flexibility index (Phi) is 4.40. The number of benzene rings is 1. The van der Waals surface area contributed by atoms with E-state index in [2.05, 4.69) is 21.8 Å². The smallest absolute Gasteiger partial charge is 0.299 e. The molecule has 0 radical (unpaired) electrons. The minimum Gasteiger partial charge on any atom is -0.423 e. The first kappa shape index (κ1) is 14.9. The SMILES string of the molecule is CN1CCCCC1N(C)c1nc2cc(N)ccc2o1.Cl. The zero-order valence-corrected chi connectivity index (χ0v) is 12.7. The van der Waals surface area contributed by atoms with Crippen molar-refractivity contribution in [3.63, 3.8) is 0 Å². The second-order valence-corrected chi connectivity index (χ2v) is 5.29. The molecule has 1 fully saturated rings. The Morgan fingerprint density at radius 1 is 1.40 bits per heavy atom. The number of nitrogens with two attached hydrogens (primary N) is 1. The number of hydrogen-bond acceptors (Lipinski definition) is 5. The van der Waals surface area contributed by atoms with Gasteiger partial charge < -0.3 is 15.1 Å². The van der Waals surface area contributed by atoms with Gasteiger partial charge in [-0.3, -0.25) is 4.90 Å². The topological polar surface area (TPSA) is 58.5 Å². The third kappa shape index (κ3) is 2.69. The summed E-state index contributed by atoms with van der Waals surface area (Å²) in [7, 11) is 4.20. The quantitative estimate of drug-likeness (QED) is 0.864. The first-order valence-electron chi connectivity index (χ1n) is 6.74. The number of nitrogens with zero attached hydrogens (tertiary/aromatic N) is 3. The number of nitrogen functional groups attached to an aromatic ring is 1. The van der Waals surface area contributed by atoms with Crippen molar-refractivity contribution in [1.29, 1.82) is 0 Å². The molecular formula is C14H21ClN4O. The number of fused-ring (bicyclic) bond motifs is 1. The number of anilines is 2. The summed E-state index contributed by atoms with van der Waals surface area (Å²) >= 11 is 0. The summed E-state index contributed by atoms with van der Waals surface area (Å²) in [5.41, 5.74) is 8.09. The molecule has 6 heteroatoms. The standard InChI is InChI=1S/C14H20N4O.ClH/c1-17-8-4-3-5-13(17)18(2)14-16-11-9-10(15)6-7-12(11)19-14;/h6-7,9,13H,3-5,8,15H2,1-2H3;1H. The number of aromatic nitrogens is 1. The highest BCUT2D eigenvalue weighted by Crippen LogP contribution is 2.27. The molecule has 1 saturated heterocycles. The first-order chi connectivity index (χ1) is 9.15. The van der Waals surface area contributed by atoms with E-state index >= 15 is 0 Å². The summed E-state index contributed by atoms with van der Waals surface area (Å²) in [6, 6.07) is 6.23. The molecule has 1 aromatic carbocycles. The fourth-order valence-electron chi connectivity index (χ4n) is 2.76. The predicted molar refractivity (Wildman–Crippen MR) is 84.3 cm³/mol. The second kappa shape index (κ2) is 5.89. The van der Waals surface area contributed by atoms with Crippen LogP contribution in [0.4, 0.5) is 11.7 Å². The first-order valence-corrected chi connectivity index (χ1v) is 6.74. The van der Waals surface area contributed by atoms with Crippen LogP contribution >= 0.6 is 12.4 Å². The molecule has 3 rings (SSSR count). The molecule has 1 unspecified atom stereocenters. The molecule has 1 aliphatic rings. The molecule has 110 valence electrons. The summed E-state index contributed by atoms with van der Waals surface area (Å²) in [5.74, 6) is 0. The van der Waals surface area contributed by atoms with Gasteiger partial charge in [-0.1, -0.05) is 0 Å². The summed E-state index contributed by atoms with van der Waals surface area (Å²) in [6.07, 6.45) is 4.03. The fraction of sp³-hybridized carbons (Fsp3) is 0.500. The lowest BCUT2D eigenvalue weighted by Crippen LogP contribution is -2.47. The average molecular weight is 297 g/mol. The highest BCUT2D eigenvalue weighted by molar-refractivity contribution is 5.85. The van der Waals surface area contributed by atoms with E-state index in [1.165, 1.54) is 12.8 Å². The van der Waals surface area contributed by atoms with E-state index in [-0.39, 0.29) is 12.4 Å². The predicted octanol–water partition coefficient (Wildman–Crippen LogP) is 2.71. The van der Waals surface area contributed by atoms with E-state index in [4.69, 9.17) is 10.2 Å². The molecule has 1 aliphatic heterocycles. The van der Waals surface area contributed by atoms with E-state index in [0.29, 0.717) is 17.9 Å². The second-order valence-electron chi connectivity index (χ2n) is 5.29. The maximum absolute atomic E-state index is 5.82. The molecule has 5 nitrogen and oxygen atoms in total. The van der Waals surface area contributed by atoms with Crippen molar-refractivity contribution < 1.29 is 4.42 Å². The van der Waals surface area contributed by atoms with Gasteiger partial charge in [0, 0.05) is 12.7 Å². The summed E-state index contributed by atoms with van der Waals surface area (Å²) in [5, 5.41) is 0. The van der Waals surface area contributed by atoms with Crippen molar-refractivity contribution in [2.45, 2.75) is 25.4 Å². The van der Waals surface area contributed by atoms with E-state index in [9.17, 15) is 0 Å². The maximum Gasteiger partial charge on any atom is 0.299 e. The zero-order valence-electron chi connectivity index (χ0n) is 11.9. The van der Waals surface area contributed by atoms with Crippen LogP contribution in [0.2, 0.25) is 0 Å². The highest BCUT2D eigenvalue weighted by atomic mass is 35.5. The number of oxazole rings is 1. The molecule has 0 amide bonds. The van der Waals surface area contributed by atoms with Crippen molar-refractivity contribution in [2.75, 3.05) is 31.3 Å². The van der Waals surface area contributed by atoms with Crippen LogP contribution in [0.3, 0.4) is 0 Å². The zero-order chi connectivity index (χ0) is 13.4. The third-order valence-corrected chi connectivity index (χ3v) is 3.88. The third-order valence-electron chi connectivity index (χ3n) is 3.88. The molecule has 2 N–H and O–H groups in total. The van der Waals surface area contributed by atoms with Crippen LogP contribution in [0, 0.1) is 0 Å². The molecular weight excluding hydrogens is 276 g/mol. The van der Waals surface area contributed by atoms with Crippen LogP contribution in [0.25, 0.3) is 11.1 Å². The van der Waals surface area contributed by atoms with Gasteiger partial charge in [-0.2, -0.15) is 4.98 Å². The van der Waals surface area contributed by atoms with Crippen molar-refractivity contribution in [2.24, 2.45) is 0 Å². The molecule has 0 saturated carbocycles. The Labute approximate surface area is 125 Å².